The molecular weight excluding hydrogens is 394 g/mol. The van der Waals surface area contributed by atoms with Gasteiger partial charge >= 0.3 is 0 Å². The van der Waals surface area contributed by atoms with Gasteiger partial charge in [-0.2, -0.15) is 0 Å². The van der Waals surface area contributed by atoms with Crippen LogP contribution in [0.3, 0.4) is 0 Å². The van der Waals surface area contributed by atoms with Crippen molar-refractivity contribution < 1.29 is 18.7 Å². The molecule has 162 valence electrons. The van der Waals surface area contributed by atoms with Crippen molar-refractivity contribution in [2.75, 3.05) is 20.3 Å². The topological polar surface area (TPSA) is 69.0 Å². The molecule has 1 aliphatic heterocycles. The Balaban J connectivity index is 1.98. The zero-order chi connectivity index (χ0) is 22.3. The van der Waals surface area contributed by atoms with Gasteiger partial charge in [-0.3, -0.25) is 9.59 Å². The molecule has 1 amide bonds. The minimum atomic E-state index is -0.534. The molecule has 3 aromatic rings. The van der Waals surface area contributed by atoms with Crippen molar-refractivity contribution >= 4 is 16.9 Å². The predicted molar refractivity (Wildman–Crippen MR) is 119 cm³/mol. The van der Waals surface area contributed by atoms with Gasteiger partial charge in [-0.15, -0.1) is 0 Å². The van der Waals surface area contributed by atoms with Crippen LogP contribution in [0.2, 0.25) is 0 Å². The first-order chi connectivity index (χ1) is 14.9. The van der Waals surface area contributed by atoms with Gasteiger partial charge in [0.2, 0.25) is 5.76 Å². The van der Waals surface area contributed by atoms with Crippen LogP contribution in [-0.4, -0.2) is 31.1 Å². The van der Waals surface area contributed by atoms with Gasteiger partial charge in [0.15, 0.2) is 16.9 Å². The molecule has 0 N–H and O–H groups in total. The number of amides is 1. The highest BCUT2D eigenvalue weighted by atomic mass is 16.5. The molecule has 0 saturated carbocycles. The third-order valence-corrected chi connectivity index (χ3v) is 5.66. The van der Waals surface area contributed by atoms with Crippen LogP contribution in [0.4, 0.5) is 0 Å². The van der Waals surface area contributed by atoms with E-state index in [2.05, 4.69) is 0 Å². The molecule has 0 fully saturated rings. The average Bonchev–Trinajstić information content (AvgIpc) is 3.02. The number of nitrogens with zero attached hydrogens (tertiary/aromatic N) is 1. The minimum Gasteiger partial charge on any atom is -0.493 e. The number of hydrogen-bond donors (Lipinski definition) is 0. The highest BCUT2D eigenvalue weighted by Crippen LogP contribution is 2.41. The van der Waals surface area contributed by atoms with Gasteiger partial charge in [-0.05, 0) is 62.1 Å². The molecule has 0 radical (unpaired) electrons. The Morgan fingerprint density at radius 1 is 1.06 bits per heavy atom. The van der Waals surface area contributed by atoms with Crippen LogP contribution in [0.25, 0.3) is 11.0 Å². The Morgan fingerprint density at radius 3 is 2.52 bits per heavy atom. The third kappa shape index (κ3) is 3.36. The van der Waals surface area contributed by atoms with Gasteiger partial charge in [-0.25, -0.2) is 0 Å². The number of fused-ring (bicyclic) bond motifs is 2. The summed E-state index contributed by atoms with van der Waals surface area (Å²) in [5.74, 6) is 1.06. The lowest BCUT2D eigenvalue weighted by Gasteiger charge is -2.25. The van der Waals surface area contributed by atoms with E-state index in [4.69, 9.17) is 13.9 Å². The molecule has 0 aliphatic carbocycles. The number of methoxy groups -OCH3 is 1. The Bertz CT molecular complexity index is 1230. The number of benzene rings is 2. The van der Waals surface area contributed by atoms with Crippen LogP contribution < -0.4 is 14.9 Å². The summed E-state index contributed by atoms with van der Waals surface area (Å²) in [5, 5.41) is 0.505. The summed E-state index contributed by atoms with van der Waals surface area (Å²) in [6.45, 7) is 8.77. The molecule has 1 aliphatic rings. The molecule has 4 rings (SSSR count). The van der Waals surface area contributed by atoms with E-state index in [9.17, 15) is 9.59 Å². The Hall–Kier alpha value is -3.28. The molecule has 0 spiro atoms. The maximum atomic E-state index is 13.6. The van der Waals surface area contributed by atoms with E-state index in [1.807, 2.05) is 58.0 Å². The summed E-state index contributed by atoms with van der Waals surface area (Å²) in [6, 6.07) is 8.79. The molecule has 0 bridgehead atoms. The molecule has 31 heavy (non-hydrogen) atoms. The van der Waals surface area contributed by atoms with E-state index in [0.29, 0.717) is 41.2 Å². The van der Waals surface area contributed by atoms with Gasteiger partial charge in [-0.1, -0.05) is 19.1 Å². The van der Waals surface area contributed by atoms with Crippen LogP contribution >= 0.6 is 0 Å². The first kappa shape index (κ1) is 21.0. The van der Waals surface area contributed by atoms with Crippen LogP contribution in [0, 0.1) is 13.8 Å². The quantitative estimate of drug-likeness (QED) is 0.573. The molecule has 1 aromatic heterocycles. The number of carbonyl (C=O) groups is 1. The monoisotopic (exact) mass is 421 g/mol. The standard InChI is InChI=1S/C25H27NO5/c1-6-10-26-21(16-8-9-18(30-7-2)19(13-16)29-5)20-22(27)17-12-14(3)11-15(4)23(17)31-24(20)25(26)28/h8-9,11-13,21H,6-7,10H2,1-5H3. The normalized spacial score (nSPS) is 15.5. The highest BCUT2D eigenvalue weighted by Gasteiger charge is 2.42. The minimum absolute atomic E-state index is 0.135. The second-order valence-corrected chi connectivity index (χ2v) is 7.88. The SMILES string of the molecule is CCCN1C(=O)c2oc3c(C)cc(C)cc3c(=O)c2C1c1ccc(OCC)c(OC)c1. The lowest BCUT2D eigenvalue weighted by molar-refractivity contribution is 0.0728. The van der Waals surface area contributed by atoms with Crippen molar-refractivity contribution in [3.05, 3.63) is 68.6 Å². The van der Waals surface area contributed by atoms with E-state index in [0.717, 1.165) is 23.1 Å². The maximum Gasteiger partial charge on any atom is 0.290 e. The molecule has 2 aromatic carbocycles. The van der Waals surface area contributed by atoms with Gasteiger partial charge < -0.3 is 18.8 Å². The molecule has 1 atom stereocenters. The van der Waals surface area contributed by atoms with Crippen molar-refractivity contribution in [2.24, 2.45) is 0 Å². The molecule has 6 nitrogen and oxygen atoms in total. The third-order valence-electron chi connectivity index (χ3n) is 5.66. The zero-order valence-electron chi connectivity index (χ0n) is 18.6. The summed E-state index contributed by atoms with van der Waals surface area (Å²) in [4.78, 5) is 28.7. The number of aryl methyl sites for hydroxylation is 2. The van der Waals surface area contributed by atoms with Crippen molar-refractivity contribution in [3.8, 4) is 11.5 Å². The zero-order valence-corrected chi connectivity index (χ0v) is 18.6. The van der Waals surface area contributed by atoms with Crippen molar-refractivity contribution in [3.63, 3.8) is 0 Å². The van der Waals surface area contributed by atoms with Gasteiger partial charge in [0.1, 0.15) is 5.58 Å². The molecule has 0 saturated heterocycles. The highest BCUT2D eigenvalue weighted by molar-refractivity contribution is 5.99. The molecule has 2 heterocycles. The van der Waals surface area contributed by atoms with Crippen molar-refractivity contribution in [1.29, 1.82) is 0 Å². The lowest BCUT2D eigenvalue weighted by Crippen LogP contribution is -2.30. The van der Waals surface area contributed by atoms with E-state index < -0.39 is 6.04 Å². The first-order valence-electron chi connectivity index (χ1n) is 10.6. The largest absolute Gasteiger partial charge is 0.493 e. The van der Waals surface area contributed by atoms with Gasteiger partial charge in [0, 0.05) is 6.54 Å². The Labute approximate surface area is 181 Å². The first-order valence-corrected chi connectivity index (χ1v) is 10.6. The fraction of sp³-hybridized carbons (Fsp3) is 0.360. The smallest absolute Gasteiger partial charge is 0.290 e. The summed E-state index contributed by atoms with van der Waals surface area (Å²) in [5.41, 5.74) is 3.32. The summed E-state index contributed by atoms with van der Waals surface area (Å²) in [7, 11) is 1.58. The van der Waals surface area contributed by atoms with Crippen molar-refractivity contribution in [1.82, 2.24) is 4.90 Å². The molecule has 1 unspecified atom stereocenters. The second kappa shape index (κ2) is 8.10. The lowest BCUT2D eigenvalue weighted by atomic mass is 9.97. The van der Waals surface area contributed by atoms with Gasteiger partial charge in [0.05, 0.1) is 30.7 Å². The fourth-order valence-corrected chi connectivity index (χ4v) is 4.42. The summed E-state index contributed by atoms with van der Waals surface area (Å²) < 4.78 is 17.2. The van der Waals surface area contributed by atoms with Crippen LogP contribution in [0.15, 0.2) is 39.5 Å². The van der Waals surface area contributed by atoms with E-state index in [1.165, 1.54) is 0 Å². The molecular formula is C25H27NO5. The van der Waals surface area contributed by atoms with Crippen molar-refractivity contribution in [2.45, 2.75) is 40.2 Å². The fourth-order valence-electron chi connectivity index (χ4n) is 4.42. The van der Waals surface area contributed by atoms with E-state index in [-0.39, 0.29) is 17.1 Å². The summed E-state index contributed by atoms with van der Waals surface area (Å²) in [6.07, 6.45) is 0.760. The summed E-state index contributed by atoms with van der Waals surface area (Å²) >= 11 is 0. The predicted octanol–water partition coefficient (Wildman–Crippen LogP) is 4.77. The van der Waals surface area contributed by atoms with Crippen LogP contribution in [-0.2, 0) is 0 Å². The average molecular weight is 421 g/mol. The number of carbonyl (C=O) groups excluding carboxylic acids is 1. The number of rotatable bonds is 6. The number of ether oxygens (including phenoxy) is 2. The second-order valence-electron chi connectivity index (χ2n) is 7.88. The van der Waals surface area contributed by atoms with Crippen LogP contribution in [0.5, 0.6) is 11.5 Å². The maximum absolute atomic E-state index is 13.6. The molecule has 6 heteroatoms. The number of hydrogen-bond acceptors (Lipinski definition) is 5. The van der Waals surface area contributed by atoms with Gasteiger partial charge in [0.25, 0.3) is 5.91 Å². The Kier molecular flexibility index (Phi) is 5.48. The van der Waals surface area contributed by atoms with Crippen LogP contribution in [0.1, 0.15) is 59.1 Å². The Morgan fingerprint density at radius 2 is 1.84 bits per heavy atom. The van der Waals surface area contributed by atoms with E-state index >= 15 is 0 Å². The van der Waals surface area contributed by atoms with E-state index in [1.54, 1.807) is 12.0 Å².